The average Bonchev–Trinajstić information content (AvgIpc) is 2.66. The Hall–Kier alpha value is -1.81. The smallest absolute Gasteiger partial charge is 0.257 e. The van der Waals surface area contributed by atoms with Crippen LogP contribution in [0.15, 0.2) is 39.7 Å². The molecule has 0 aromatic heterocycles. The lowest BCUT2D eigenvalue weighted by atomic mass is 10.1. The maximum Gasteiger partial charge on any atom is 0.257 e. The zero-order valence-electron chi connectivity index (χ0n) is 14.6. The van der Waals surface area contributed by atoms with Crippen molar-refractivity contribution in [3.05, 3.63) is 51.0 Å². The number of sulfone groups is 1. The van der Waals surface area contributed by atoms with Gasteiger partial charge in [0.1, 0.15) is 16.4 Å². The van der Waals surface area contributed by atoms with Gasteiger partial charge in [-0.25, -0.2) is 8.42 Å². The summed E-state index contributed by atoms with van der Waals surface area (Å²) < 4.78 is 31.2. The number of rotatable bonds is 4. The van der Waals surface area contributed by atoms with Crippen molar-refractivity contribution in [2.45, 2.75) is 10.6 Å². The van der Waals surface area contributed by atoms with E-state index < -0.39 is 33.0 Å². The molecule has 2 N–H and O–H groups in total. The van der Waals surface area contributed by atoms with E-state index in [9.17, 15) is 23.4 Å². The van der Waals surface area contributed by atoms with Crippen LogP contribution in [0, 0.1) is 0 Å². The summed E-state index contributed by atoms with van der Waals surface area (Å²) in [6, 6.07) is 6.62. The lowest BCUT2D eigenvalue weighted by molar-refractivity contribution is 0.0301. The maximum absolute atomic E-state index is 12.8. The third-order valence-electron chi connectivity index (χ3n) is 4.28. The molecule has 150 valence electrons. The fourth-order valence-corrected chi connectivity index (χ4v) is 5.12. The topological polar surface area (TPSA) is 104 Å². The summed E-state index contributed by atoms with van der Waals surface area (Å²) >= 11 is 9.25. The van der Waals surface area contributed by atoms with E-state index in [4.69, 9.17) is 16.3 Å². The number of carbonyl (C=O) groups excluding carboxylic acids is 1. The Morgan fingerprint density at radius 2 is 1.86 bits per heavy atom. The molecule has 0 aliphatic carbocycles. The Balaban J connectivity index is 1.97. The quantitative estimate of drug-likeness (QED) is 0.683. The van der Waals surface area contributed by atoms with Gasteiger partial charge in [0.15, 0.2) is 9.84 Å². The highest BCUT2D eigenvalue weighted by Gasteiger charge is 2.27. The van der Waals surface area contributed by atoms with Crippen molar-refractivity contribution < 1.29 is 28.2 Å². The van der Waals surface area contributed by atoms with E-state index in [-0.39, 0.29) is 21.0 Å². The van der Waals surface area contributed by atoms with Crippen LogP contribution >= 0.6 is 27.5 Å². The molecule has 10 heteroatoms. The standard InChI is InChI=1S/C18H17BrClNO6S/c19-12-1-2-15(22)16(8-12)28(25,26)10-11-7-13(20)9-14(17(11)23)18(24)21-3-5-27-6-4-21/h1-2,7-9,22-23H,3-6,10H2. The summed E-state index contributed by atoms with van der Waals surface area (Å²) in [6.45, 7) is 1.50. The van der Waals surface area contributed by atoms with Gasteiger partial charge in [0.05, 0.1) is 24.5 Å². The van der Waals surface area contributed by atoms with Crippen LogP contribution in [-0.4, -0.2) is 55.7 Å². The van der Waals surface area contributed by atoms with Crippen LogP contribution in [0.2, 0.25) is 5.02 Å². The number of phenols is 2. The van der Waals surface area contributed by atoms with E-state index in [1.165, 1.54) is 35.2 Å². The highest BCUT2D eigenvalue weighted by atomic mass is 79.9. The Bertz CT molecular complexity index is 1020. The second-order valence-corrected chi connectivity index (χ2v) is 9.55. The van der Waals surface area contributed by atoms with Gasteiger partial charge in [0, 0.05) is 28.1 Å². The zero-order valence-corrected chi connectivity index (χ0v) is 17.7. The van der Waals surface area contributed by atoms with Crippen molar-refractivity contribution in [1.82, 2.24) is 4.90 Å². The number of aromatic hydroxyl groups is 2. The summed E-state index contributed by atoms with van der Waals surface area (Å²) in [5, 5.41) is 20.6. The second kappa shape index (κ2) is 8.28. The molecule has 0 radical (unpaired) electrons. The molecule has 1 aliphatic heterocycles. The van der Waals surface area contributed by atoms with Crippen LogP contribution in [0.25, 0.3) is 0 Å². The third kappa shape index (κ3) is 4.43. The molecule has 1 saturated heterocycles. The van der Waals surface area contributed by atoms with Gasteiger partial charge >= 0.3 is 0 Å². The molecule has 3 rings (SSSR count). The van der Waals surface area contributed by atoms with Crippen LogP contribution in [0.3, 0.4) is 0 Å². The van der Waals surface area contributed by atoms with Crippen molar-refractivity contribution in [2.75, 3.05) is 26.3 Å². The first-order chi connectivity index (χ1) is 13.2. The molecule has 0 atom stereocenters. The van der Waals surface area contributed by atoms with E-state index in [0.29, 0.717) is 30.8 Å². The maximum atomic E-state index is 12.8. The fraction of sp³-hybridized carbons (Fsp3) is 0.278. The molecular weight excluding hydrogens is 474 g/mol. The van der Waals surface area contributed by atoms with Crippen LogP contribution in [-0.2, 0) is 20.3 Å². The number of morpholine rings is 1. The Labute approximate surface area is 175 Å². The fourth-order valence-electron chi connectivity index (χ4n) is 2.89. The van der Waals surface area contributed by atoms with Crippen molar-refractivity contribution in [2.24, 2.45) is 0 Å². The molecule has 2 aromatic rings. The molecule has 1 amide bonds. The Morgan fingerprint density at radius 1 is 1.18 bits per heavy atom. The summed E-state index contributed by atoms with van der Waals surface area (Å²) in [6.07, 6.45) is 0. The number of hydrogen-bond donors (Lipinski definition) is 2. The largest absolute Gasteiger partial charge is 0.507 e. The molecule has 28 heavy (non-hydrogen) atoms. The predicted octanol–water partition coefficient (Wildman–Crippen LogP) is 2.96. The van der Waals surface area contributed by atoms with E-state index in [2.05, 4.69) is 15.9 Å². The van der Waals surface area contributed by atoms with Crippen molar-refractivity contribution in [1.29, 1.82) is 0 Å². The lowest BCUT2D eigenvalue weighted by Crippen LogP contribution is -2.40. The van der Waals surface area contributed by atoms with Crippen molar-refractivity contribution in [3.63, 3.8) is 0 Å². The molecule has 1 fully saturated rings. The van der Waals surface area contributed by atoms with Gasteiger partial charge in [-0.05, 0) is 30.3 Å². The number of hydrogen-bond acceptors (Lipinski definition) is 6. The van der Waals surface area contributed by atoms with Crippen LogP contribution in [0.5, 0.6) is 11.5 Å². The monoisotopic (exact) mass is 489 g/mol. The Morgan fingerprint density at radius 3 is 2.54 bits per heavy atom. The number of carbonyl (C=O) groups is 1. The van der Waals surface area contributed by atoms with Crippen molar-refractivity contribution >= 4 is 43.3 Å². The highest BCUT2D eigenvalue weighted by Crippen LogP contribution is 2.34. The molecule has 0 bridgehead atoms. The average molecular weight is 491 g/mol. The van der Waals surface area contributed by atoms with Gasteiger partial charge in [0.25, 0.3) is 5.91 Å². The highest BCUT2D eigenvalue weighted by molar-refractivity contribution is 9.10. The summed E-state index contributed by atoms with van der Waals surface area (Å²) in [5.74, 6) is -1.94. The normalized spacial score (nSPS) is 14.9. The first kappa shape index (κ1) is 20.9. The number of amides is 1. The molecule has 7 nitrogen and oxygen atoms in total. The summed E-state index contributed by atoms with van der Waals surface area (Å²) in [7, 11) is -4.02. The molecule has 1 heterocycles. The molecule has 0 spiro atoms. The number of nitrogens with zero attached hydrogens (tertiary/aromatic N) is 1. The number of ether oxygens (including phenoxy) is 1. The molecular formula is C18H17BrClNO6S. The Kier molecular flexibility index (Phi) is 6.18. The summed E-state index contributed by atoms with van der Waals surface area (Å²) in [5.41, 5.74) is -0.0958. The number of benzene rings is 2. The summed E-state index contributed by atoms with van der Waals surface area (Å²) in [4.78, 5) is 13.9. The van der Waals surface area contributed by atoms with Gasteiger partial charge in [-0.1, -0.05) is 27.5 Å². The number of phenolic OH excluding ortho intramolecular Hbond substituents is 2. The van der Waals surface area contributed by atoms with Crippen LogP contribution in [0.4, 0.5) is 0 Å². The second-order valence-electron chi connectivity index (χ2n) is 6.24. The van der Waals surface area contributed by atoms with E-state index in [1.807, 2.05) is 0 Å². The number of halogens is 2. The first-order valence-electron chi connectivity index (χ1n) is 8.29. The minimum Gasteiger partial charge on any atom is -0.507 e. The first-order valence-corrected chi connectivity index (χ1v) is 11.1. The molecule has 0 saturated carbocycles. The van der Waals surface area contributed by atoms with Gasteiger partial charge in [-0.15, -0.1) is 0 Å². The van der Waals surface area contributed by atoms with Gasteiger partial charge in [0.2, 0.25) is 0 Å². The van der Waals surface area contributed by atoms with Crippen LogP contribution in [0.1, 0.15) is 15.9 Å². The minimum atomic E-state index is -4.02. The van der Waals surface area contributed by atoms with Crippen LogP contribution < -0.4 is 0 Å². The van der Waals surface area contributed by atoms with Gasteiger partial charge in [-0.3, -0.25) is 4.79 Å². The van der Waals surface area contributed by atoms with Gasteiger partial charge in [-0.2, -0.15) is 0 Å². The van der Waals surface area contributed by atoms with E-state index in [1.54, 1.807) is 0 Å². The molecule has 2 aromatic carbocycles. The van der Waals surface area contributed by atoms with Crippen molar-refractivity contribution in [3.8, 4) is 11.5 Å². The third-order valence-corrected chi connectivity index (χ3v) is 6.68. The minimum absolute atomic E-state index is 0.0246. The molecule has 0 unspecified atom stereocenters. The predicted molar refractivity (Wildman–Crippen MR) is 107 cm³/mol. The lowest BCUT2D eigenvalue weighted by Gasteiger charge is -2.27. The SMILES string of the molecule is O=C(c1cc(Cl)cc(CS(=O)(=O)c2cc(Br)ccc2O)c1O)N1CCOCC1. The van der Waals surface area contributed by atoms with E-state index >= 15 is 0 Å². The van der Waals surface area contributed by atoms with E-state index in [0.717, 1.165) is 0 Å². The van der Waals surface area contributed by atoms with Gasteiger partial charge < -0.3 is 19.8 Å². The zero-order chi connectivity index (χ0) is 20.5. The molecule has 1 aliphatic rings.